The first-order valence-corrected chi connectivity index (χ1v) is 6.38. The van der Waals surface area contributed by atoms with Crippen LogP contribution in [0, 0.1) is 0 Å². The number of rotatable bonds is 4. The molecule has 0 aromatic rings. The second-order valence-corrected chi connectivity index (χ2v) is 4.99. The van der Waals surface area contributed by atoms with Gasteiger partial charge in [-0.2, -0.15) is 0 Å². The summed E-state index contributed by atoms with van der Waals surface area (Å²) in [5.74, 6) is -1.34. The molecule has 1 saturated heterocycles. The fourth-order valence-electron chi connectivity index (χ4n) is 2.12. The highest BCUT2D eigenvalue weighted by Gasteiger charge is 2.32. The van der Waals surface area contributed by atoms with Crippen LogP contribution >= 0.6 is 0 Å². The minimum Gasteiger partial charge on any atom is -0.479 e. The molecule has 18 heavy (non-hydrogen) atoms. The first-order valence-electron chi connectivity index (χ1n) is 6.38. The van der Waals surface area contributed by atoms with Gasteiger partial charge in [0.1, 0.15) is 0 Å². The van der Waals surface area contributed by atoms with Gasteiger partial charge in [-0.15, -0.1) is 0 Å². The molecule has 0 aliphatic carbocycles. The van der Waals surface area contributed by atoms with Gasteiger partial charge in [0.15, 0.2) is 5.60 Å². The molecule has 2 unspecified atom stereocenters. The Morgan fingerprint density at radius 1 is 1.44 bits per heavy atom. The number of urea groups is 1. The monoisotopic (exact) mass is 258 g/mol. The maximum Gasteiger partial charge on any atom is 0.337 e. The number of nitrogens with zero attached hydrogens (tertiary/aromatic N) is 1. The summed E-state index contributed by atoms with van der Waals surface area (Å²) in [4.78, 5) is 24.4. The van der Waals surface area contributed by atoms with E-state index in [1.165, 1.54) is 6.92 Å². The van der Waals surface area contributed by atoms with Crippen molar-refractivity contribution in [3.05, 3.63) is 0 Å². The molecule has 1 aliphatic rings. The number of nitrogens with one attached hydrogen (secondary N) is 1. The van der Waals surface area contributed by atoms with E-state index in [0.29, 0.717) is 6.54 Å². The average Bonchev–Trinajstić information content (AvgIpc) is 2.35. The summed E-state index contributed by atoms with van der Waals surface area (Å²) >= 11 is 0. The predicted molar refractivity (Wildman–Crippen MR) is 66.3 cm³/mol. The van der Waals surface area contributed by atoms with Crippen LogP contribution in [0.3, 0.4) is 0 Å². The van der Waals surface area contributed by atoms with Crippen LogP contribution in [0.5, 0.6) is 0 Å². The van der Waals surface area contributed by atoms with Crippen LogP contribution in [0.2, 0.25) is 0 Å². The van der Waals surface area contributed by atoms with Gasteiger partial charge < -0.3 is 20.4 Å². The molecule has 6 nitrogen and oxygen atoms in total. The smallest absolute Gasteiger partial charge is 0.337 e. The van der Waals surface area contributed by atoms with Gasteiger partial charge in [0.05, 0.1) is 6.54 Å². The molecular weight excluding hydrogens is 236 g/mol. The van der Waals surface area contributed by atoms with Crippen molar-refractivity contribution in [1.29, 1.82) is 0 Å². The highest BCUT2D eigenvalue weighted by atomic mass is 16.4. The summed E-state index contributed by atoms with van der Waals surface area (Å²) in [6.45, 7) is 3.61. The van der Waals surface area contributed by atoms with Crippen molar-refractivity contribution in [2.75, 3.05) is 13.1 Å². The molecule has 0 spiro atoms. The molecule has 0 aromatic heterocycles. The van der Waals surface area contributed by atoms with E-state index in [4.69, 9.17) is 5.11 Å². The second kappa shape index (κ2) is 6.04. The van der Waals surface area contributed by atoms with Crippen LogP contribution in [0.15, 0.2) is 0 Å². The molecule has 0 bridgehead atoms. The van der Waals surface area contributed by atoms with E-state index in [1.54, 1.807) is 4.90 Å². The number of likely N-dealkylation sites (tertiary alicyclic amines) is 1. The lowest BCUT2D eigenvalue weighted by atomic mass is 10.0. The number of carboxylic acid groups (broad SMARTS) is 1. The standard InChI is InChI=1S/C12H22N2O4/c1-3-9-6-4-5-7-14(9)11(17)13-8-12(2,18)10(15)16/h9,18H,3-8H2,1-2H3,(H,13,17)(H,15,16). The van der Waals surface area contributed by atoms with Gasteiger partial charge in [0.25, 0.3) is 0 Å². The Morgan fingerprint density at radius 2 is 2.11 bits per heavy atom. The molecule has 1 fully saturated rings. The lowest BCUT2D eigenvalue weighted by molar-refractivity contribution is -0.155. The number of carboxylic acids is 1. The number of carbonyl (C=O) groups excluding carboxylic acids is 1. The van der Waals surface area contributed by atoms with Crippen molar-refractivity contribution in [3.63, 3.8) is 0 Å². The number of hydrogen-bond acceptors (Lipinski definition) is 3. The highest BCUT2D eigenvalue weighted by molar-refractivity contribution is 5.79. The molecule has 104 valence electrons. The number of carbonyl (C=O) groups is 2. The molecule has 3 N–H and O–H groups in total. The molecule has 2 amide bonds. The van der Waals surface area contributed by atoms with Crippen LogP contribution < -0.4 is 5.32 Å². The van der Waals surface area contributed by atoms with Crippen molar-refractivity contribution >= 4 is 12.0 Å². The Kier molecular flexibility index (Phi) is 4.95. The first kappa shape index (κ1) is 14.8. The lowest BCUT2D eigenvalue weighted by Crippen LogP contribution is -2.53. The molecule has 1 rings (SSSR count). The summed E-state index contributed by atoms with van der Waals surface area (Å²) in [5, 5.41) is 20.8. The molecule has 1 aliphatic heterocycles. The minimum absolute atomic E-state index is 0.216. The zero-order valence-electron chi connectivity index (χ0n) is 11.0. The fraction of sp³-hybridized carbons (Fsp3) is 0.833. The lowest BCUT2D eigenvalue weighted by Gasteiger charge is -2.35. The Balaban J connectivity index is 2.51. The Labute approximate surface area is 107 Å². The normalized spacial score (nSPS) is 23.3. The molecule has 6 heteroatoms. The summed E-state index contributed by atoms with van der Waals surface area (Å²) < 4.78 is 0. The molecule has 0 radical (unpaired) electrons. The van der Waals surface area contributed by atoms with Gasteiger partial charge in [0.2, 0.25) is 0 Å². The Morgan fingerprint density at radius 3 is 2.67 bits per heavy atom. The third-order valence-electron chi connectivity index (χ3n) is 3.40. The first-order chi connectivity index (χ1) is 8.38. The number of aliphatic carboxylic acids is 1. The van der Waals surface area contributed by atoms with Crippen molar-refractivity contribution < 1.29 is 19.8 Å². The summed E-state index contributed by atoms with van der Waals surface area (Å²) in [6.07, 6.45) is 3.97. The second-order valence-electron chi connectivity index (χ2n) is 4.99. The van der Waals surface area contributed by atoms with Crippen LogP contribution in [-0.2, 0) is 4.79 Å². The summed E-state index contributed by atoms with van der Waals surface area (Å²) in [7, 11) is 0. The molecule has 2 atom stereocenters. The van der Waals surface area contributed by atoms with Crippen LogP contribution in [-0.4, -0.2) is 51.8 Å². The van der Waals surface area contributed by atoms with Crippen molar-refractivity contribution in [1.82, 2.24) is 10.2 Å². The Bertz CT molecular complexity index is 317. The SMILES string of the molecule is CCC1CCCCN1C(=O)NCC(C)(O)C(=O)O. The topological polar surface area (TPSA) is 89.9 Å². The van der Waals surface area contributed by atoms with E-state index in [0.717, 1.165) is 25.7 Å². The highest BCUT2D eigenvalue weighted by Crippen LogP contribution is 2.19. The number of amides is 2. The largest absolute Gasteiger partial charge is 0.479 e. The molecule has 0 aromatic carbocycles. The minimum atomic E-state index is -1.92. The van der Waals surface area contributed by atoms with E-state index in [1.807, 2.05) is 6.92 Å². The van der Waals surface area contributed by atoms with Gasteiger partial charge in [-0.25, -0.2) is 9.59 Å². The van der Waals surface area contributed by atoms with Gasteiger partial charge >= 0.3 is 12.0 Å². The fourth-order valence-corrected chi connectivity index (χ4v) is 2.12. The van der Waals surface area contributed by atoms with E-state index in [-0.39, 0.29) is 18.6 Å². The third-order valence-corrected chi connectivity index (χ3v) is 3.40. The zero-order valence-corrected chi connectivity index (χ0v) is 11.0. The van der Waals surface area contributed by atoms with Gasteiger partial charge in [-0.1, -0.05) is 6.92 Å². The maximum absolute atomic E-state index is 11.9. The number of hydrogen-bond donors (Lipinski definition) is 3. The van der Waals surface area contributed by atoms with Crippen molar-refractivity contribution in [3.8, 4) is 0 Å². The maximum atomic E-state index is 11.9. The van der Waals surface area contributed by atoms with E-state index in [2.05, 4.69) is 5.32 Å². The van der Waals surface area contributed by atoms with E-state index < -0.39 is 11.6 Å². The van der Waals surface area contributed by atoms with Gasteiger partial charge in [0, 0.05) is 12.6 Å². The van der Waals surface area contributed by atoms with Gasteiger partial charge in [-0.3, -0.25) is 0 Å². The van der Waals surface area contributed by atoms with Crippen LogP contribution in [0.4, 0.5) is 4.79 Å². The molecule has 0 saturated carbocycles. The predicted octanol–water partition coefficient (Wildman–Crippen LogP) is 0.796. The summed E-state index contributed by atoms with van der Waals surface area (Å²) in [5.41, 5.74) is -1.92. The average molecular weight is 258 g/mol. The van der Waals surface area contributed by atoms with E-state index >= 15 is 0 Å². The summed E-state index contributed by atoms with van der Waals surface area (Å²) in [6, 6.07) is -0.0726. The van der Waals surface area contributed by atoms with Crippen LogP contribution in [0.1, 0.15) is 39.5 Å². The molecular formula is C12H22N2O4. The van der Waals surface area contributed by atoms with E-state index in [9.17, 15) is 14.7 Å². The Hall–Kier alpha value is -1.30. The number of piperidine rings is 1. The van der Waals surface area contributed by atoms with Crippen molar-refractivity contribution in [2.45, 2.75) is 51.2 Å². The zero-order chi connectivity index (χ0) is 13.8. The van der Waals surface area contributed by atoms with Gasteiger partial charge in [-0.05, 0) is 32.6 Å². The molecule has 1 heterocycles. The van der Waals surface area contributed by atoms with Crippen molar-refractivity contribution in [2.24, 2.45) is 0 Å². The number of aliphatic hydroxyl groups is 1. The van der Waals surface area contributed by atoms with Crippen LogP contribution in [0.25, 0.3) is 0 Å². The quantitative estimate of drug-likeness (QED) is 0.695. The third kappa shape index (κ3) is 3.60.